The number of rotatable bonds is 7. The number of halogens is 3. The summed E-state index contributed by atoms with van der Waals surface area (Å²) < 4.78 is 41.1. The molecule has 0 aliphatic carbocycles. The zero-order valence-electron chi connectivity index (χ0n) is 9.53. The molecule has 8 heteroatoms. The standard InChI is InChI=1S/C10H11F3N2O2S/c1-2-16-15-6-7-5-14-10(17-7)18-4-3-8(11)9(12)13/h5-6H,2-4H2,1H3/b15-6-. The first-order valence-corrected chi connectivity index (χ1v) is 6.05. The van der Waals surface area contributed by atoms with Gasteiger partial charge in [0.1, 0.15) is 12.8 Å². The molecule has 0 saturated carbocycles. The lowest BCUT2D eigenvalue weighted by Gasteiger charge is -1.94. The Morgan fingerprint density at radius 3 is 3.00 bits per heavy atom. The molecule has 0 atom stereocenters. The van der Waals surface area contributed by atoms with Crippen LogP contribution in [0.2, 0.25) is 0 Å². The molecule has 0 radical (unpaired) electrons. The van der Waals surface area contributed by atoms with E-state index in [-0.39, 0.29) is 17.4 Å². The van der Waals surface area contributed by atoms with Crippen molar-refractivity contribution < 1.29 is 22.4 Å². The minimum absolute atomic E-state index is 0.117. The van der Waals surface area contributed by atoms with Crippen molar-refractivity contribution in [2.75, 3.05) is 12.4 Å². The second-order valence-corrected chi connectivity index (χ2v) is 3.99. The van der Waals surface area contributed by atoms with E-state index in [1.807, 2.05) is 0 Å². The van der Waals surface area contributed by atoms with Crippen LogP contribution in [0, 0.1) is 0 Å². The van der Waals surface area contributed by atoms with E-state index in [1.54, 1.807) is 6.92 Å². The number of hydrogen-bond donors (Lipinski definition) is 0. The maximum Gasteiger partial charge on any atom is 0.301 e. The van der Waals surface area contributed by atoms with Crippen LogP contribution in [0.5, 0.6) is 0 Å². The van der Waals surface area contributed by atoms with Crippen molar-refractivity contribution in [2.45, 2.75) is 18.6 Å². The second-order valence-electron chi connectivity index (χ2n) is 2.94. The van der Waals surface area contributed by atoms with Crippen molar-refractivity contribution >= 4 is 18.0 Å². The van der Waals surface area contributed by atoms with E-state index in [4.69, 9.17) is 9.25 Å². The summed E-state index contributed by atoms with van der Waals surface area (Å²) in [7, 11) is 0. The highest BCUT2D eigenvalue weighted by molar-refractivity contribution is 7.99. The quantitative estimate of drug-likeness (QED) is 0.435. The molecule has 0 bridgehead atoms. The number of nitrogens with zero attached hydrogens (tertiary/aromatic N) is 2. The molecule has 18 heavy (non-hydrogen) atoms. The molecule has 4 nitrogen and oxygen atoms in total. The molecule has 0 N–H and O–H groups in total. The Labute approximate surface area is 106 Å². The number of oxime groups is 1. The first-order valence-electron chi connectivity index (χ1n) is 5.07. The van der Waals surface area contributed by atoms with Gasteiger partial charge in [-0.15, -0.1) is 0 Å². The summed E-state index contributed by atoms with van der Waals surface area (Å²) in [6.07, 6.45) is 0.0971. The van der Waals surface area contributed by atoms with Crippen LogP contribution in [-0.4, -0.2) is 23.6 Å². The minimum atomic E-state index is -2.28. The van der Waals surface area contributed by atoms with Crippen molar-refractivity contribution in [3.8, 4) is 0 Å². The van der Waals surface area contributed by atoms with E-state index in [9.17, 15) is 13.2 Å². The third-order valence-electron chi connectivity index (χ3n) is 1.64. The molecule has 1 rings (SSSR count). The molecule has 0 amide bonds. The van der Waals surface area contributed by atoms with Gasteiger partial charge in [0, 0.05) is 12.2 Å². The Bertz CT molecular complexity index is 431. The average molecular weight is 280 g/mol. The van der Waals surface area contributed by atoms with Crippen molar-refractivity contribution in [3.63, 3.8) is 0 Å². The monoisotopic (exact) mass is 280 g/mol. The molecule has 0 aromatic carbocycles. The molecule has 0 aliphatic heterocycles. The molecule has 100 valence electrons. The molecular formula is C10H11F3N2O2S. The number of aromatic nitrogens is 1. The highest BCUT2D eigenvalue weighted by Gasteiger charge is 2.07. The van der Waals surface area contributed by atoms with Crippen LogP contribution in [0.1, 0.15) is 19.1 Å². The van der Waals surface area contributed by atoms with Gasteiger partial charge in [-0.1, -0.05) is 16.9 Å². The highest BCUT2D eigenvalue weighted by atomic mass is 32.2. The third kappa shape index (κ3) is 5.26. The van der Waals surface area contributed by atoms with Crippen LogP contribution in [0.15, 0.2) is 32.9 Å². The van der Waals surface area contributed by atoms with Gasteiger partial charge in [0.2, 0.25) is 0 Å². The van der Waals surface area contributed by atoms with Gasteiger partial charge in [-0.3, -0.25) is 0 Å². The molecule has 0 fully saturated rings. The van der Waals surface area contributed by atoms with Gasteiger partial charge in [-0.25, -0.2) is 9.37 Å². The fourth-order valence-corrected chi connectivity index (χ4v) is 1.62. The largest absolute Gasteiger partial charge is 0.430 e. The third-order valence-corrected chi connectivity index (χ3v) is 2.48. The summed E-state index contributed by atoms with van der Waals surface area (Å²) in [6.45, 7) is 2.22. The summed E-state index contributed by atoms with van der Waals surface area (Å²) in [5, 5.41) is 3.83. The Morgan fingerprint density at radius 1 is 1.56 bits per heavy atom. The normalized spacial score (nSPS) is 10.9. The van der Waals surface area contributed by atoms with Gasteiger partial charge in [-0.05, 0) is 6.92 Å². The van der Waals surface area contributed by atoms with E-state index in [2.05, 4.69) is 10.1 Å². The van der Waals surface area contributed by atoms with Gasteiger partial charge >= 0.3 is 6.08 Å². The molecular weight excluding hydrogens is 269 g/mol. The summed E-state index contributed by atoms with van der Waals surface area (Å²) in [5.74, 6) is -0.919. The van der Waals surface area contributed by atoms with Gasteiger partial charge in [-0.2, -0.15) is 8.78 Å². The number of hydrogen-bond acceptors (Lipinski definition) is 5. The lowest BCUT2D eigenvalue weighted by molar-refractivity contribution is 0.160. The zero-order valence-corrected chi connectivity index (χ0v) is 10.3. The van der Waals surface area contributed by atoms with E-state index in [0.717, 1.165) is 11.8 Å². The molecule has 1 aromatic rings. The maximum atomic E-state index is 12.5. The van der Waals surface area contributed by atoms with E-state index < -0.39 is 11.9 Å². The van der Waals surface area contributed by atoms with Crippen LogP contribution in [0.25, 0.3) is 0 Å². The maximum absolute atomic E-state index is 12.5. The lowest BCUT2D eigenvalue weighted by atomic mass is 10.4. The zero-order chi connectivity index (χ0) is 13.4. The lowest BCUT2D eigenvalue weighted by Crippen LogP contribution is -1.82. The van der Waals surface area contributed by atoms with E-state index >= 15 is 0 Å². The predicted octanol–water partition coefficient (Wildman–Crippen LogP) is 3.60. The summed E-state index contributed by atoms with van der Waals surface area (Å²) in [5.41, 5.74) is 0. The summed E-state index contributed by atoms with van der Waals surface area (Å²) in [6, 6.07) is 0. The predicted molar refractivity (Wildman–Crippen MR) is 61.4 cm³/mol. The molecule has 1 aromatic heterocycles. The first kappa shape index (κ1) is 14.6. The van der Waals surface area contributed by atoms with Crippen LogP contribution in [0.4, 0.5) is 13.2 Å². The molecule has 0 saturated heterocycles. The Balaban J connectivity index is 2.38. The summed E-state index contributed by atoms with van der Waals surface area (Å²) >= 11 is 1.04. The van der Waals surface area contributed by atoms with Crippen LogP contribution in [0.3, 0.4) is 0 Å². The number of thioether (sulfide) groups is 1. The van der Waals surface area contributed by atoms with E-state index in [0.29, 0.717) is 12.4 Å². The van der Waals surface area contributed by atoms with E-state index in [1.165, 1.54) is 12.4 Å². The minimum Gasteiger partial charge on any atom is -0.430 e. The van der Waals surface area contributed by atoms with Crippen molar-refractivity contribution in [2.24, 2.45) is 5.16 Å². The topological polar surface area (TPSA) is 47.6 Å². The fourth-order valence-electron chi connectivity index (χ4n) is 0.882. The number of allylic oxidation sites excluding steroid dienone is 1. The van der Waals surface area contributed by atoms with Crippen molar-refractivity contribution in [1.82, 2.24) is 4.98 Å². The van der Waals surface area contributed by atoms with Crippen molar-refractivity contribution in [3.05, 3.63) is 23.9 Å². The summed E-state index contributed by atoms with van der Waals surface area (Å²) in [4.78, 5) is 8.58. The van der Waals surface area contributed by atoms with Crippen LogP contribution in [-0.2, 0) is 4.84 Å². The van der Waals surface area contributed by atoms with Gasteiger partial charge in [0.15, 0.2) is 11.6 Å². The average Bonchev–Trinajstić information content (AvgIpc) is 2.77. The first-order chi connectivity index (χ1) is 8.63. The van der Waals surface area contributed by atoms with Crippen molar-refractivity contribution in [1.29, 1.82) is 0 Å². The molecule has 0 unspecified atom stereocenters. The Kier molecular flexibility index (Phi) is 6.34. The second kappa shape index (κ2) is 7.80. The van der Waals surface area contributed by atoms with Gasteiger partial charge in [0.25, 0.3) is 5.22 Å². The Morgan fingerprint density at radius 2 is 2.33 bits per heavy atom. The van der Waals surface area contributed by atoms with Crippen LogP contribution < -0.4 is 0 Å². The van der Waals surface area contributed by atoms with Crippen LogP contribution >= 0.6 is 11.8 Å². The SMILES string of the molecule is CCO/N=C\c1cnc(SCCC(F)=C(F)F)o1. The highest BCUT2D eigenvalue weighted by Crippen LogP contribution is 2.22. The van der Waals surface area contributed by atoms with Gasteiger partial charge < -0.3 is 9.25 Å². The fraction of sp³-hybridized carbons (Fsp3) is 0.400. The van der Waals surface area contributed by atoms with Gasteiger partial charge in [0.05, 0.1) is 6.20 Å². The molecule has 0 spiro atoms. The molecule has 0 aliphatic rings. The molecule has 1 heterocycles. The number of oxazole rings is 1. The Hall–Kier alpha value is -1.44. The smallest absolute Gasteiger partial charge is 0.301 e.